The molecule has 0 spiro atoms. The van der Waals surface area contributed by atoms with E-state index < -0.39 is 10.8 Å². The Bertz CT molecular complexity index is 994. The van der Waals surface area contributed by atoms with Crippen LogP contribution in [0.4, 0.5) is 15.8 Å². The molecule has 1 heterocycles. The molecule has 9 heteroatoms. The summed E-state index contributed by atoms with van der Waals surface area (Å²) in [6, 6.07) is 12.1. The highest BCUT2D eigenvalue weighted by Crippen LogP contribution is 2.24. The lowest BCUT2D eigenvalue weighted by molar-refractivity contribution is -0.384. The van der Waals surface area contributed by atoms with Crippen molar-refractivity contribution in [2.24, 2.45) is 0 Å². The number of pyridine rings is 1. The number of nitro benzene ring substituents is 1. The quantitative estimate of drug-likeness (QED) is 0.500. The molecule has 136 valence electrons. The van der Waals surface area contributed by atoms with Gasteiger partial charge in [-0.2, -0.15) is 0 Å². The second kappa shape index (κ2) is 7.79. The summed E-state index contributed by atoms with van der Waals surface area (Å²) in [6.07, 6.45) is 1.35. The Morgan fingerprint density at radius 3 is 2.52 bits per heavy atom. The van der Waals surface area contributed by atoms with Crippen LogP contribution in [0.1, 0.15) is 10.4 Å². The monoisotopic (exact) mass is 387 g/mol. The second-order valence-electron chi connectivity index (χ2n) is 5.32. The predicted molar refractivity (Wildman–Crippen MR) is 96.8 cm³/mol. The number of nitrogens with one attached hydrogen (secondary N) is 1. The lowest BCUT2D eigenvalue weighted by Gasteiger charge is -2.08. The highest BCUT2D eigenvalue weighted by atomic mass is 35.5. The molecule has 7 nitrogen and oxygen atoms in total. The lowest BCUT2D eigenvalue weighted by atomic mass is 10.2. The maximum atomic E-state index is 12.9. The molecule has 0 bridgehead atoms. The number of nitro groups is 1. The Balaban J connectivity index is 1.71. The fraction of sp³-hybridized carbons (Fsp3) is 0. The van der Waals surface area contributed by atoms with Gasteiger partial charge in [0.05, 0.1) is 27.4 Å². The van der Waals surface area contributed by atoms with Gasteiger partial charge in [-0.25, -0.2) is 9.37 Å². The van der Waals surface area contributed by atoms with E-state index in [2.05, 4.69) is 10.3 Å². The molecule has 0 saturated heterocycles. The molecule has 0 radical (unpaired) electrons. The zero-order valence-corrected chi connectivity index (χ0v) is 14.3. The van der Waals surface area contributed by atoms with Crippen LogP contribution in [0.15, 0.2) is 60.8 Å². The molecule has 1 aromatic heterocycles. The van der Waals surface area contributed by atoms with Gasteiger partial charge >= 0.3 is 0 Å². The third-order valence-corrected chi connectivity index (χ3v) is 3.77. The molecule has 0 unspecified atom stereocenters. The van der Waals surface area contributed by atoms with Gasteiger partial charge < -0.3 is 10.1 Å². The van der Waals surface area contributed by atoms with Crippen molar-refractivity contribution < 1.29 is 18.8 Å². The van der Waals surface area contributed by atoms with Crippen LogP contribution in [0.2, 0.25) is 5.02 Å². The van der Waals surface area contributed by atoms with Gasteiger partial charge in [0.25, 0.3) is 11.6 Å². The number of benzene rings is 2. The van der Waals surface area contributed by atoms with E-state index in [9.17, 15) is 19.3 Å². The van der Waals surface area contributed by atoms with Crippen LogP contribution in [0.25, 0.3) is 0 Å². The SMILES string of the molecule is O=C(Nc1ccc(Oc2ccc(F)cc2)nc1)c1cc([N+](=O)[O-])ccc1Cl. The van der Waals surface area contributed by atoms with Crippen molar-refractivity contribution in [3.05, 3.63) is 87.3 Å². The van der Waals surface area contributed by atoms with E-state index in [0.29, 0.717) is 11.4 Å². The molecule has 27 heavy (non-hydrogen) atoms. The highest BCUT2D eigenvalue weighted by molar-refractivity contribution is 6.34. The molecule has 2 aromatic carbocycles. The number of amides is 1. The number of non-ortho nitro benzene ring substituents is 1. The van der Waals surface area contributed by atoms with Gasteiger partial charge in [0.15, 0.2) is 0 Å². The van der Waals surface area contributed by atoms with Crippen LogP contribution in [0.3, 0.4) is 0 Å². The average Bonchev–Trinajstić information content (AvgIpc) is 2.65. The molecule has 0 saturated carbocycles. The summed E-state index contributed by atoms with van der Waals surface area (Å²) in [5.74, 6) is -0.345. The van der Waals surface area contributed by atoms with Crippen LogP contribution in [0, 0.1) is 15.9 Å². The van der Waals surface area contributed by atoms with E-state index in [1.54, 1.807) is 0 Å². The third kappa shape index (κ3) is 4.56. The minimum absolute atomic E-state index is 0.0301. The molecule has 1 N–H and O–H groups in total. The van der Waals surface area contributed by atoms with Crippen LogP contribution in [-0.4, -0.2) is 15.8 Å². The molecule has 0 aliphatic heterocycles. The number of carbonyl (C=O) groups is 1. The average molecular weight is 388 g/mol. The number of hydrogen-bond donors (Lipinski definition) is 1. The van der Waals surface area contributed by atoms with Crippen LogP contribution < -0.4 is 10.1 Å². The molecule has 0 fully saturated rings. The first-order chi connectivity index (χ1) is 12.9. The summed E-state index contributed by atoms with van der Waals surface area (Å²) in [4.78, 5) is 26.6. The molecule has 0 aliphatic carbocycles. The van der Waals surface area contributed by atoms with Gasteiger partial charge in [-0.05, 0) is 36.4 Å². The number of hydrogen-bond acceptors (Lipinski definition) is 5. The molecule has 0 atom stereocenters. The normalized spacial score (nSPS) is 10.3. The maximum Gasteiger partial charge on any atom is 0.270 e. The summed E-state index contributed by atoms with van der Waals surface area (Å²) in [7, 11) is 0. The minimum atomic E-state index is -0.615. The predicted octanol–water partition coefficient (Wildman–Crippen LogP) is 4.83. The summed E-state index contributed by atoms with van der Waals surface area (Å²) < 4.78 is 18.3. The van der Waals surface area contributed by atoms with E-state index in [4.69, 9.17) is 16.3 Å². The topological polar surface area (TPSA) is 94.4 Å². The summed E-state index contributed by atoms with van der Waals surface area (Å²) >= 11 is 5.94. The van der Waals surface area contributed by atoms with Gasteiger partial charge in [-0.3, -0.25) is 14.9 Å². The second-order valence-corrected chi connectivity index (χ2v) is 5.72. The van der Waals surface area contributed by atoms with Crippen LogP contribution in [-0.2, 0) is 0 Å². The van der Waals surface area contributed by atoms with Gasteiger partial charge in [0, 0.05) is 18.2 Å². The maximum absolute atomic E-state index is 12.9. The van der Waals surface area contributed by atoms with Crippen molar-refractivity contribution in [1.29, 1.82) is 0 Å². The summed E-state index contributed by atoms with van der Waals surface area (Å²) in [5.41, 5.74) is 0.0669. The molecule has 3 rings (SSSR count). The minimum Gasteiger partial charge on any atom is -0.439 e. The lowest BCUT2D eigenvalue weighted by Crippen LogP contribution is -2.13. The van der Waals surface area contributed by atoms with E-state index in [1.807, 2.05) is 0 Å². The molecular weight excluding hydrogens is 377 g/mol. The third-order valence-electron chi connectivity index (χ3n) is 3.44. The van der Waals surface area contributed by atoms with Crippen molar-refractivity contribution in [2.75, 3.05) is 5.32 Å². The van der Waals surface area contributed by atoms with Gasteiger partial charge in [0.2, 0.25) is 5.88 Å². The Morgan fingerprint density at radius 2 is 1.89 bits per heavy atom. The standard InChI is InChI=1S/C18H11ClFN3O4/c19-16-7-4-13(23(25)26)9-15(16)18(24)22-12-3-8-17(21-10-12)27-14-5-1-11(20)2-6-14/h1-10H,(H,22,24). The van der Waals surface area contributed by atoms with Crippen molar-refractivity contribution in [3.63, 3.8) is 0 Å². The molecule has 1 amide bonds. The highest BCUT2D eigenvalue weighted by Gasteiger charge is 2.16. The van der Waals surface area contributed by atoms with Crippen LogP contribution in [0.5, 0.6) is 11.6 Å². The van der Waals surface area contributed by atoms with Crippen molar-refractivity contribution in [1.82, 2.24) is 4.98 Å². The Morgan fingerprint density at radius 1 is 1.15 bits per heavy atom. The van der Waals surface area contributed by atoms with Gasteiger partial charge in [-0.15, -0.1) is 0 Å². The number of carbonyl (C=O) groups excluding carboxylic acids is 1. The first kappa shape index (κ1) is 18.3. The molecule has 0 aliphatic rings. The largest absolute Gasteiger partial charge is 0.439 e. The zero-order chi connectivity index (χ0) is 19.4. The number of rotatable bonds is 5. The number of nitrogens with zero attached hydrogens (tertiary/aromatic N) is 2. The fourth-order valence-corrected chi connectivity index (χ4v) is 2.34. The van der Waals surface area contributed by atoms with E-state index in [-0.39, 0.29) is 28.0 Å². The van der Waals surface area contributed by atoms with E-state index >= 15 is 0 Å². The Kier molecular flexibility index (Phi) is 5.28. The Hall–Kier alpha value is -3.52. The number of ether oxygens (including phenoxy) is 1. The number of halogens is 2. The number of aromatic nitrogens is 1. The van der Waals surface area contributed by atoms with Gasteiger partial charge in [-0.1, -0.05) is 11.6 Å². The van der Waals surface area contributed by atoms with Crippen molar-refractivity contribution in [2.45, 2.75) is 0 Å². The fourth-order valence-electron chi connectivity index (χ4n) is 2.14. The van der Waals surface area contributed by atoms with Crippen molar-refractivity contribution >= 4 is 28.9 Å². The Labute approximate surface area is 157 Å². The van der Waals surface area contributed by atoms with Gasteiger partial charge in [0.1, 0.15) is 11.6 Å². The molecular formula is C18H11ClFN3O4. The summed E-state index contributed by atoms with van der Waals surface area (Å²) in [6.45, 7) is 0. The first-order valence-electron chi connectivity index (χ1n) is 7.57. The van der Waals surface area contributed by atoms with E-state index in [0.717, 1.165) is 6.07 Å². The smallest absolute Gasteiger partial charge is 0.270 e. The number of anilines is 1. The zero-order valence-electron chi connectivity index (χ0n) is 13.6. The first-order valence-corrected chi connectivity index (χ1v) is 7.95. The van der Waals surface area contributed by atoms with Crippen LogP contribution >= 0.6 is 11.6 Å². The molecule has 3 aromatic rings. The van der Waals surface area contributed by atoms with Crippen molar-refractivity contribution in [3.8, 4) is 11.6 Å². The van der Waals surface area contributed by atoms with E-state index in [1.165, 1.54) is 54.7 Å². The summed E-state index contributed by atoms with van der Waals surface area (Å²) in [5, 5.41) is 13.5.